The minimum atomic E-state index is -1.16. The molecule has 3 atom stereocenters. The van der Waals surface area contributed by atoms with E-state index in [1.807, 2.05) is 18.2 Å². The zero-order valence-electron chi connectivity index (χ0n) is 12.6. The van der Waals surface area contributed by atoms with Gasteiger partial charge in [-0.1, -0.05) is 63.9 Å². The Morgan fingerprint density at radius 2 is 2.04 bits per heavy atom. The number of hydrogen-bond donors (Lipinski definition) is 1. The molecule has 4 rings (SSSR count). The predicted molar refractivity (Wildman–Crippen MR) is 96.3 cm³/mol. The van der Waals surface area contributed by atoms with E-state index in [2.05, 4.69) is 39.5 Å². The van der Waals surface area contributed by atoms with E-state index in [1.54, 1.807) is 12.1 Å². The van der Waals surface area contributed by atoms with Crippen molar-refractivity contribution in [2.75, 3.05) is 5.32 Å². The number of carbonyl (C=O) groups excluding carboxylic acids is 1. The summed E-state index contributed by atoms with van der Waals surface area (Å²) in [6.45, 7) is 0. The molecule has 0 amide bonds. The van der Waals surface area contributed by atoms with Crippen LogP contribution >= 0.6 is 27.5 Å². The topological polar surface area (TPSA) is 52.2 Å². The zero-order chi connectivity index (χ0) is 16.8. The van der Waals surface area contributed by atoms with Crippen molar-refractivity contribution in [3.05, 3.63) is 74.7 Å². The van der Waals surface area contributed by atoms with Gasteiger partial charge in [-0.3, -0.25) is 0 Å². The highest BCUT2D eigenvalue weighted by molar-refractivity contribution is 9.10. The van der Waals surface area contributed by atoms with E-state index in [0.717, 1.165) is 22.0 Å². The number of allylic oxidation sites excluding steroid dienone is 2. The van der Waals surface area contributed by atoms with Crippen LogP contribution in [0.4, 0.5) is 5.69 Å². The summed E-state index contributed by atoms with van der Waals surface area (Å²) < 4.78 is 1.03. The van der Waals surface area contributed by atoms with Crippen molar-refractivity contribution in [2.45, 2.75) is 18.4 Å². The molecule has 1 N–H and O–H groups in total. The van der Waals surface area contributed by atoms with Crippen LogP contribution in [0.25, 0.3) is 0 Å². The third-order valence-corrected chi connectivity index (χ3v) is 5.97. The fraction of sp³-hybridized carbons (Fsp3) is 0.211. The van der Waals surface area contributed by atoms with Crippen molar-refractivity contribution >= 4 is 39.2 Å². The highest BCUT2D eigenvalue weighted by atomic mass is 79.9. The van der Waals surface area contributed by atoms with Crippen LogP contribution in [0.3, 0.4) is 0 Å². The summed E-state index contributed by atoms with van der Waals surface area (Å²) in [5, 5.41) is 15.6. The monoisotopic (exact) mass is 402 g/mol. The fourth-order valence-corrected chi connectivity index (χ4v) is 4.64. The predicted octanol–water partition coefficient (Wildman–Crippen LogP) is 4.29. The molecular weight excluding hydrogens is 390 g/mol. The lowest BCUT2D eigenvalue weighted by molar-refractivity contribution is -0.255. The van der Waals surface area contributed by atoms with Gasteiger partial charge in [0.05, 0.1) is 22.7 Å². The van der Waals surface area contributed by atoms with Gasteiger partial charge >= 0.3 is 0 Å². The maximum absolute atomic E-state index is 11.6. The molecule has 122 valence electrons. The van der Waals surface area contributed by atoms with Crippen LogP contribution in [0.5, 0.6) is 0 Å². The van der Waals surface area contributed by atoms with Crippen molar-refractivity contribution in [1.29, 1.82) is 0 Å². The largest absolute Gasteiger partial charge is 0.545 e. The zero-order valence-corrected chi connectivity index (χ0v) is 15.0. The Morgan fingerprint density at radius 1 is 1.25 bits per heavy atom. The number of carboxylic acids is 1. The standard InChI is InChI=1S/C19H15BrClNO2/c20-14-7-2-1-4-12(14)17-11-6-3-5-10(11)16-13(19(23)24)8-9-15(21)18(16)22-17/h1-5,7-11,17,22H,6H2,(H,23,24)/p-1/t10-,11-,17+/m0/s1. The third-order valence-electron chi connectivity index (χ3n) is 4.93. The van der Waals surface area contributed by atoms with Crippen molar-refractivity contribution < 1.29 is 9.90 Å². The van der Waals surface area contributed by atoms with Crippen LogP contribution in [-0.4, -0.2) is 5.97 Å². The molecule has 3 nitrogen and oxygen atoms in total. The molecule has 0 fully saturated rings. The van der Waals surface area contributed by atoms with E-state index in [4.69, 9.17) is 11.6 Å². The number of halogens is 2. The lowest BCUT2D eigenvalue weighted by Crippen LogP contribution is -2.33. The first-order valence-electron chi connectivity index (χ1n) is 7.79. The Balaban J connectivity index is 1.90. The molecule has 0 saturated heterocycles. The number of carbonyl (C=O) groups is 1. The van der Waals surface area contributed by atoms with Gasteiger partial charge < -0.3 is 15.2 Å². The number of fused-ring (bicyclic) bond motifs is 3. The maximum Gasteiger partial charge on any atom is 0.0719 e. The van der Waals surface area contributed by atoms with E-state index in [0.29, 0.717) is 10.7 Å². The maximum atomic E-state index is 11.6. The van der Waals surface area contributed by atoms with Gasteiger partial charge in [0.15, 0.2) is 0 Å². The number of hydrogen-bond acceptors (Lipinski definition) is 3. The molecule has 0 saturated carbocycles. The number of anilines is 1. The van der Waals surface area contributed by atoms with Gasteiger partial charge in [0.25, 0.3) is 0 Å². The Hall–Kier alpha value is -1.78. The van der Waals surface area contributed by atoms with Gasteiger partial charge in [-0.15, -0.1) is 0 Å². The molecule has 1 heterocycles. The molecule has 0 aromatic heterocycles. The highest BCUT2D eigenvalue weighted by Gasteiger charge is 2.40. The van der Waals surface area contributed by atoms with Crippen molar-refractivity contribution in [2.24, 2.45) is 5.92 Å². The third kappa shape index (κ3) is 2.36. The Morgan fingerprint density at radius 3 is 2.79 bits per heavy atom. The summed E-state index contributed by atoms with van der Waals surface area (Å²) in [7, 11) is 0. The van der Waals surface area contributed by atoms with Gasteiger partial charge in [-0.2, -0.15) is 0 Å². The second-order valence-electron chi connectivity index (χ2n) is 6.17. The summed E-state index contributed by atoms with van der Waals surface area (Å²) in [4.78, 5) is 11.6. The Labute approximate surface area is 153 Å². The first-order valence-corrected chi connectivity index (χ1v) is 8.96. The van der Waals surface area contributed by atoms with E-state index in [1.165, 1.54) is 0 Å². The molecule has 2 aliphatic rings. The Bertz CT molecular complexity index is 864. The first-order chi connectivity index (χ1) is 11.6. The summed E-state index contributed by atoms with van der Waals surface area (Å²) in [5.74, 6) is -0.902. The molecule has 0 bridgehead atoms. The highest BCUT2D eigenvalue weighted by Crippen LogP contribution is 2.53. The molecule has 1 aliphatic carbocycles. The van der Waals surface area contributed by atoms with Crippen LogP contribution < -0.4 is 10.4 Å². The van der Waals surface area contributed by atoms with Gasteiger partial charge in [-0.05, 0) is 35.6 Å². The molecule has 2 aromatic carbocycles. The smallest absolute Gasteiger partial charge is 0.0719 e. The fourth-order valence-electron chi connectivity index (χ4n) is 3.89. The first kappa shape index (κ1) is 15.7. The van der Waals surface area contributed by atoms with Crippen molar-refractivity contribution in [1.82, 2.24) is 0 Å². The van der Waals surface area contributed by atoms with Gasteiger partial charge in [0.1, 0.15) is 0 Å². The second kappa shape index (κ2) is 5.94. The van der Waals surface area contributed by atoms with Gasteiger partial charge in [-0.25, -0.2) is 0 Å². The molecule has 2 aromatic rings. The molecule has 0 radical (unpaired) electrons. The summed E-state index contributed by atoms with van der Waals surface area (Å²) in [6.07, 6.45) is 5.11. The van der Waals surface area contributed by atoms with Crippen molar-refractivity contribution in [3.8, 4) is 0 Å². The minimum absolute atomic E-state index is 0.0185. The average Bonchev–Trinajstić information content (AvgIpc) is 3.05. The molecule has 0 spiro atoms. The van der Waals surface area contributed by atoms with Crippen LogP contribution in [0, 0.1) is 5.92 Å². The number of rotatable bonds is 2. The molecule has 5 heteroatoms. The lowest BCUT2D eigenvalue weighted by atomic mass is 9.75. The van der Waals surface area contributed by atoms with Crippen LogP contribution in [0.2, 0.25) is 5.02 Å². The average molecular weight is 404 g/mol. The van der Waals surface area contributed by atoms with E-state index in [-0.39, 0.29) is 23.4 Å². The molecule has 0 unspecified atom stereocenters. The Kier molecular flexibility index (Phi) is 3.89. The lowest BCUT2D eigenvalue weighted by Gasteiger charge is -2.39. The quantitative estimate of drug-likeness (QED) is 0.761. The number of aromatic carboxylic acids is 1. The second-order valence-corrected chi connectivity index (χ2v) is 7.43. The summed E-state index contributed by atoms with van der Waals surface area (Å²) >= 11 is 10.0. The van der Waals surface area contributed by atoms with Gasteiger partial charge in [0, 0.05) is 16.0 Å². The van der Waals surface area contributed by atoms with Crippen molar-refractivity contribution in [3.63, 3.8) is 0 Å². The summed E-state index contributed by atoms with van der Waals surface area (Å²) in [5.41, 5.74) is 2.81. The minimum Gasteiger partial charge on any atom is -0.545 e. The van der Waals surface area contributed by atoms with Crippen LogP contribution in [-0.2, 0) is 0 Å². The molecule has 24 heavy (non-hydrogen) atoms. The van der Waals surface area contributed by atoms with E-state index >= 15 is 0 Å². The molecular formula is C19H14BrClNO2-. The summed E-state index contributed by atoms with van der Waals surface area (Å²) in [6, 6.07) is 11.3. The van der Waals surface area contributed by atoms with E-state index in [9.17, 15) is 9.90 Å². The van der Waals surface area contributed by atoms with Crippen LogP contribution in [0.15, 0.2) is 53.0 Å². The number of nitrogens with one attached hydrogen (secondary N) is 1. The number of benzene rings is 2. The number of carboxylic acid groups (broad SMARTS) is 1. The molecule has 1 aliphatic heterocycles. The van der Waals surface area contributed by atoms with E-state index < -0.39 is 5.97 Å². The normalized spacial score (nSPS) is 24.2. The van der Waals surface area contributed by atoms with Crippen LogP contribution in [0.1, 0.15) is 39.9 Å². The van der Waals surface area contributed by atoms with Gasteiger partial charge in [0.2, 0.25) is 0 Å². The SMILES string of the molecule is O=C([O-])c1ccc(Cl)c2c1[C@H]1C=CC[C@@H]1[C@H](c1ccccc1Br)N2.